The third-order valence-corrected chi connectivity index (χ3v) is 4.15. The summed E-state index contributed by atoms with van der Waals surface area (Å²) in [6.07, 6.45) is 2.19. The molecule has 0 aromatic heterocycles. The minimum absolute atomic E-state index is 0.210. The Morgan fingerprint density at radius 3 is 2.72 bits per heavy atom. The normalized spacial score (nSPS) is 18.5. The maximum atomic E-state index is 13.2. The minimum Gasteiger partial charge on any atom is -0.299 e. The van der Waals surface area contributed by atoms with Crippen LogP contribution >= 0.6 is 15.9 Å². The highest BCUT2D eigenvalue weighted by molar-refractivity contribution is 9.10. The maximum absolute atomic E-state index is 13.2. The molecule has 1 aliphatic heterocycles. The van der Waals surface area contributed by atoms with Gasteiger partial charge in [0.25, 0.3) is 0 Å². The van der Waals surface area contributed by atoms with Gasteiger partial charge < -0.3 is 0 Å². The van der Waals surface area contributed by atoms with Crippen molar-refractivity contribution in [2.24, 2.45) is 5.84 Å². The number of hydrazine groups is 1. The van der Waals surface area contributed by atoms with Gasteiger partial charge in [0.2, 0.25) is 0 Å². The molecule has 5 heteroatoms. The summed E-state index contributed by atoms with van der Waals surface area (Å²) in [6.45, 7) is 2.73. The van der Waals surface area contributed by atoms with Gasteiger partial charge in [0.15, 0.2) is 0 Å². The number of nitrogens with zero attached hydrogens (tertiary/aromatic N) is 2. The lowest BCUT2D eigenvalue weighted by Gasteiger charge is -2.34. The molecule has 1 fully saturated rings. The van der Waals surface area contributed by atoms with Gasteiger partial charge in [-0.15, -0.1) is 0 Å². The zero-order valence-electron chi connectivity index (χ0n) is 10.6. The van der Waals surface area contributed by atoms with Crippen LogP contribution in [0.5, 0.6) is 0 Å². The van der Waals surface area contributed by atoms with Crippen LogP contribution in [0.2, 0.25) is 0 Å². The van der Waals surface area contributed by atoms with Crippen molar-refractivity contribution in [3.63, 3.8) is 0 Å². The van der Waals surface area contributed by atoms with Gasteiger partial charge in [-0.25, -0.2) is 9.40 Å². The van der Waals surface area contributed by atoms with Crippen LogP contribution in [0.4, 0.5) is 4.39 Å². The number of rotatable bonds is 3. The average molecular weight is 316 g/mol. The molecule has 0 aliphatic carbocycles. The van der Waals surface area contributed by atoms with Crippen LogP contribution in [0.15, 0.2) is 22.7 Å². The second-order valence-corrected chi connectivity index (χ2v) is 5.79. The lowest BCUT2D eigenvalue weighted by molar-refractivity contribution is 0.124. The van der Waals surface area contributed by atoms with Crippen molar-refractivity contribution < 1.29 is 4.39 Å². The lowest BCUT2D eigenvalue weighted by Crippen LogP contribution is -2.45. The van der Waals surface area contributed by atoms with Crippen LogP contribution in [0.25, 0.3) is 0 Å². The van der Waals surface area contributed by atoms with Crippen molar-refractivity contribution >= 4 is 15.9 Å². The van der Waals surface area contributed by atoms with E-state index in [4.69, 9.17) is 5.84 Å². The number of piperidine rings is 1. The maximum Gasteiger partial charge on any atom is 0.137 e. The summed E-state index contributed by atoms with van der Waals surface area (Å²) < 4.78 is 13.7. The number of hydrogen-bond acceptors (Lipinski definition) is 3. The van der Waals surface area contributed by atoms with E-state index in [0.717, 1.165) is 38.0 Å². The summed E-state index contributed by atoms with van der Waals surface area (Å²) in [5.41, 5.74) is 1.13. The van der Waals surface area contributed by atoms with Crippen LogP contribution < -0.4 is 5.84 Å². The van der Waals surface area contributed by atoms with Gasteiger partial charge in [-0.1, -0.05) is 6.07 Å². The second-order valence-electron chi connectivity index (χ2n) is 4.93. The molecule has 1 aromatic carbocycles. The van der Waals surface area contributed by atoms with Gasteiger partial charge in [-0.05, 0) is 53.5 Å². The molecule has 2 rings (SSSR count). The molecule has 1 heterocycles. The fourth-order valence-electron chi connectivity index (χ4n) is 2.38. The van der Waals surface area contributed by atoms with E-state index >= 15 is 0 Å². The van der Waals surface area contributed by atoms with Gasteiger partial charge in [-0.3, -0.25) is 10.7 Å². The third kappa shape index (κ3) is 3.51. The fourth-order valence-corrected chi connectivity index (χ4v) is 2.81. The van der Waals surface area contributed by atoms with E-state index in [1.807, 2.05) is 17.1 Å². The Kier molecular flexibility index (Phi) is 4.72. The molecule has 0 unspecified atom stereocenters. The van der Waals surface area contributed by atoms with Crippen LogP contribution in [0.1, 0.15) is 18.4 Å². The quantitative estimate of drug-likeness (QED) is 0.869. The van der Waals surface area contributed by atoms with E-state index in [1.165, 1.54) is 6.07 Å². The van der Waals surface area contributed by atoms with Gasteiger partial charge in [0.05, 0.1) is 4.47 Å². The first-order valence-electron chi connectivity index (χ1n) is 6.20. The Labute approximate surface area is 116 Å². The topological polar surface area (TPSA) is 32.5 Å². The lowest BCUT2D eigenvalue weighted by atomic mass is 10.0. The Morgan fingerprint density at radius 1 is 1.44 bits per heavy atom. The van der Waals surface area contributed by atoms with Gasteiger partial charge in [0.1, 0.15) is 5.82 Å². The van der Waals surface area contributed by atoms with E-state index in [0.29, 0.717) is 10.5 Å². The first-order chi connectivity index (χ1) is 8.56. The molecule has 2 N–H and O–H groups in total. The molecule has 100 valence electrons. The number of nitrogens with two attached hydrogens (primary N) is 1. The molecule has 0 saturated carbocycles. The van der Waals surface area contributed by atoms with Gasteiger partial charge in [-0.2, -0.15) is 0 Å². The SMILES string of the molecule is CN(Cc1ccc(F)c(Br)c1)C1CCN(N)CC1. The molecule has 1 saturated heterocycles. The number of hydrogen-bond donors (Lipinski definition) is 1. The number of halogens is 2. The van der Waals surface area contributed by atoms with Crippen molar-refractivity contribution in [3.05, 3.63) is 34.1 Å². The fraction of sp³-hybridized carbons (Fsp3) is 0.538. The zero-order chi connectivity index (χ0) is 13.1. The predicted molar refractivity (Wildman–Crippen MR) is 74.3 cm³/mol. The largest absolute Gasteiger partial charge is 0.299 e. The summed E-state index contributed by atoms with van der Waals surface area (Å²) in [5.74, 6) is 5.54. The highest BCUT2D eigenvalue weighted by Crippen LogP contribution is 2.20. The molecule has 0 spiro atoms. The molecular formula is C13H19BrFN3. The summed E-state index contributed by atoms with van der Waals surface area (Å²) in [4.78, 5) is 2.33. The first-order valence-corrected chi connectivity index (χ1v) is 6.99. The summed E-state index contributed by atoms with van der Waals surface area (Å²) >= 11 is 3.22. The molecule has 0 amide bonds. The number of benzene rings is 1. The van der Waals surface area contributed by atoms with Crippen LogP contribution in [0, 0.1) is 5.82 Å². The van der Waals surface area contributed by atoms with Gasteiger partial charge in [0, 0.05) is 25.7 Å². The minimum atomic E-state index is -0.210. The van der Waals surface area contributed by atoms with Gasteiger partial charge >= 0.3 is 0 Å². The molecule has 1 aromatic rings. The van der Waals surface area contributed by atoms with E-state index in [-0.39, 0.29) is 5.82 Å². The summed E-state index contributed by atoms with van der Waals surface area (Å²) in [5, 5.41) is 1.87. The van der Waals surface area contributed by atoms with E-state index in [9.17, 15) is 4.39 Å². The van der Waals surface area contributed by atoms with Crippen molar-refractivity contribution in [1.29, 1.82) is 0 Å². The highest BCUT2D eigenvalue weighted by atomic mass is 79.9. The Morgan fingerprint density at radius 2 is 2.11 bits per heavy atom. The molecule has 0 radical (unpaired) electrons. The van der Waals surface area contributed by atoms with Crippen LogP contribution in [-0.4, -0.2) is 36.1 Å². The van der Waals surface area contributed by atoms with Crippen molar-refractivity contribution in [2.75, 3.05) is 20.1 Å². The predicted octanol–water partition coefficient (Wildman–Crippen LogP) is 2.36. The van der Waals surface area contributed by atoms with E-state index in [1.54, 1.807) is 0 Å². The van der Waals surface area contributed by atoms with E-state index < -0.39 is 0 Å². The highest BCUT2D eigenvalue weighted by Gasteiger charge is 2.20. The molecule has 0 bridgehead atoms. The second kappa shape index (κ2) is 6.10. The van der Waals surface area contributed by atoms with Crippen molar-refractivity contribution in [2.45, 2.75) is 25.4 Å². The molecule has 3 nitrogen and oxygen atoms in total. The Balaban J connectivity index is 1.94. The third-order valence-electron chi connectivity index (χ3n) is 3.54. The van der Waals surface area contributed by atoms with E-state index in [2.05, 4.69) is 27.9 Å². The summed E-state index contributed by atoms with van der Waals surface area (Å²) in [6, 6.07) is 5.77. The summed E-state index contributed by atoms with van der Waals surface area (Å²) in [7, 11) is 2.12. The monoisotopic (exact) mass is 315 g/mol. The smallest absolute Gasteiger partial charge is 0.137 e. The standard InChI is InChI=1S/C13H19BrFN3/c1-17(11-4-6-18(16)7-5-11)9-10-2-3-13(15)12(14)8-10/h2-3,8,11H,4-7,9,16H2,1H3. The Bertz CT molecular complexity index is 405. The molecule has 0 atom stereocenters. The molecule has 1 aliphatic rings. The van der Waals surface area contributed by atoms with Crippen LogP contribution in [-0.2, 0) is 6.54 Å². The average Bonchev–Trinajstić information content (AvgIpc) is 2.34. The van der Waals surface area contributed by atoms with Crippen molar-refractivity contribution in [3.8, 4) is 0 Å². The first kappa shape index (κ1) is 13.9. The van der Waals surface area contributed by atoms with Crippen molar-refractivity contribution in [1.82, 2.24) is 9.91 Å². The molecule has 18 heavy (non-hydrogen) atoms. The molecular weight excluding hydrogens is 297 g/mol. The zero-order valence-corrected chi connectivity index (χ0v) is 12.2. The van der Waals surface area contributed by atoms with Crippen LogP contribution in [0.3, 0.4) is 0 Å². The Hall–Kier alpha value is -0.490.